The number of nitrogens with one attached hydrogen (secondary N) is 2. The molecule has 1 atom stereocenters. The molecule has 9 heteroatoms. The molecule has 2 aliphatic rings. The number of benzene rings is 2. The van der Waals surface area contributed by atoms with Crippen LogP contribution in [0.25, 0.3) is 0 Å². The lowest BCUT2D eigenvalue weighted by molar-refractivity contribution is -0.137. The summed E-state index contributed by atoms with van der Waals surface area (Å²) in [5.41, 5.74) is 0.283. The summed E-state index contributed by atoms with van der Waals surface area (Å²) in [5, 5.41) is 5.26. The number of hydrogen-bond acceptors (Lipinski definition) is 3. The number of aryl methyl sites for hydroxylation is 1. The van der Waals surface area contributed by atoms with Crippen molar-refractivity contribution in [3.05, 3.63) is 70.8 Å². The first-order valence-electron chi connectivity index (χ1n) is 9.36. The van der Waals surface area contributed by atoms with Crippen LogP contribution in [-0.2, 0) is 34.3 Å². The van der Waals surface area contributed by atoms with Crippen LogP contribution in [0.2, 0.25) is 0 Å². The number of carbonyl (C=O) groups is 3. The topological polar surface area (TPSA) is 78.5 Å². The van der Waals surface area contributed by atoms with E-state index >= 15 is 0 Å². The highest BCUT2D eigenvalue weighted by Crippen LogP contribution is 2.41. The summed E-state index contributed by atoms with van der Waals surface area (Å²) in [5.74, 6) is -1.05. The normalized spacial score (nSPS) is 20.4. The number of fused-ring (bicyclic) bond motifs is 2. The molecule has 0 saturated carbocycles. The van der Waals surface area contributed by atoms with E-state index in [1.54, 1.807) is 12.1 Å². The third-order valence-corrected chi connectivity index (χ3v) is 5.49. The van der Waals surface area contributed by atoms with Crippen molar-refractivity contribution in [3.8, 4) is 0 Å². The second-order valence-electron chi connectivity index (χ2n) is 7.36. The third kappa shape index (κ3) is 3.40. The monoisotopic (exact) mass is 417 g/mol. The lowest BCUT2D eigenvalue weighted by atomic mass is 9.92. The Morgan fingerprint density at radius 3 is 2.50 bits per heavy atom. The van der Waals surface area contributed by atoms with Gasteiger partial charge in [-0.15, -0.1) is 0 Å². The van der Waals surface area contributed by atoms with Gasteiger partial charge < -0.3 is 10.6 Å². The SMILES string of the molecule is O=C(CN1C(=O)NC2(CCc3ccccc32)C1=O)NCc1ccc(C(F)(F)F)cc1. The number of hydrogen-bond donors (Lipinski definition) is 2. The molecule has 2 aromatic carbocycles. The van der Waals surface area contributed by atoms with E-state index in [2.05, 4.69) is 10.6 Å². The van der Waals surface area contributed by atoms with E-state index in [1.165, 1.54) is 12.1 Å². The molecule has 0 bridgehead atoms. The summed E-state index contributed by atoms with van der Waals surface area (Å²) in [4.78, 5) is 38.6. The molecule has 1 heterocycles. The molecule has 156 valence electrons. The van der Waals surface area contributed by atoms with Crippen LogP contribution in [0.1, 0.15) is 28.7 Å². The van der Waals surface area contributed by atoms with E-state index in [1.807, 2.05) is 12.1 Å². The molecule has 0 aromatic heterocycles. The number of amides is 4. The Bertz CT molecular complexity index is 1020. The molecule has 1 fully saturated rings. The molecule has 1 spiro atoms. The Morgan fingerprint density at radius 1 is 1.10 bits per heavy atom. The van der Waals surface area contributed by atoms with Crippen molar-refractivity contribution in [2.45, 2.75) is 31.1 Å². The number of halogens is 3. The molecule has 4 rings (SSSR count). The molecule has 0 radical (unpaired) electrons. The van der Waals surface area contributed by atoms with Gasteiger partial charge in [-0.2, -0.15) is 13.2 Å². The fraction of sp³-hybridized carbons (Fsp3) is 0.286. The fourth-order valence-corrected chi connectivity index (χ4v) is 3.94. The van der Waals surface area contributed by atoms with E-state index in [0.29, 0.717) is 18.4 Å². The van der Waals surface area contributed by atoms with Gasteiger partial charge in [0.15, 0.2) is 0 Å². The highest BCUT2D eigenvalue weighted by Gasteiger charge is 2.55. The third-order valence-electron chi connectivity index (χ3n) is 5.49. The summed E-state index contributed by atoms with van der Waals surface area (Å²) in [7, 11) is 0. The summed E-state index contributed by atoms with van der Waals surface area (Å²) in [6.45, 7) is -0.482. The van der Waals surface area contributed by atoms with Crippen molar-refractivity contribution < 1.29 is 27.6 Å². The number of alkyl halides is 3. The second-order valence-corrected chi connectivity index (χ2v) is 7.36. The van der Waals surface area contributed by atoms with E-state index in [4.69, 9.17) is 0 Å². The fourth-order valence-electron chi connectivity index (χ4n) is 3.94. The Balaban J connectivity index is 1.39. The molecule has 2 N–H and O–H groups in total. The number of urea groups is 1. The smallest absolute Gasteiger partial charge is 0.350 e. The van der Waals surface area contributed by atoms with Gasteiger partial charge in [0.1, 0.15) is 12.1 Å². The first-order valence-corrected chi connectivity index (χ1v) is 9.36. The zero-order valence-electron chi connectivity index (χ0n) is 15.8. The van der Waals surface area contributed by atoms with E-state index in [-0.39, 0.29) is 6.54 Å². The van der Waals surface area contributed by atoms with Crippen LogP contribution in [0, 0.1) is 0 Å². The van der Waals surface area contributed by atoms with Gasteiger partial charge in [0.25, 0.3) is 5.91 Å². The van der Waals surface area contributed by atoms with Gasteiger partial charge in [-0.1, -0.05) is 36.4 Å². The summed E-state index contributed by atoms with van der Waals surface area (Å²) >= 11 is 0. The van der Waals surface area contributed by atoms with E-state index in [9.17, 15) is 27.6 Å². The molecule has 1 aliphatic carbocycles. The maximum atomic E-state index is 13.0. The van der Waals surface area contributed by atoms with Crippen molar-refractivity contribution in [2.75, 3.05) is 6.54 Å². The van der Waals surface area contributed by atoms with Crippen molar-refractivity contribution in [1.29, 1.82) is 0 Å². The Labute approximate surface area is 170 Å². The van der Waals surface area contributed by atoms with Gasteiger partial charge in [0.2, 0.25) is 5.91 Å². The largest absolute Gasteiger partial charge is 0.416 e. The lowest BCUT2D eigenvalue weighted by Crippen LogP contribution is -2.43. The summed E-state index contributed by atoms with van der Waals surface area (Å²) < 4.78 is 37.8. The van der Waals surface area contributed by atoms with Crippen molar-refractivity contribution in [2.24, 2.45) is 0 Å². The van der Waals surface area contributed by atoms with Gasteiger partial charge in [0, 0.05) is 6.54 Å². The molecule has 1 saturated heterocycles. The summed E-state index contributed by atoms with van der Waals surface area (Å²) in [6, 6.07) is 11.1. The van der Waals surface area contributed by atoms with Crippen LogP contribution < -0.4 is 10.6 Å². The molecule has 4 amide bonds. The Hall–Kier alpha value is -3.36. The minimum absolute atomic E-state index is 0.0192. The number of carbonyl (C=O) groups excluding carboxylic acids is 3. The zero-order valence-corrected chi connectivity index (χ0v) is 15.8. The Kier molecular flexibility index (Phi) is 4.76. The lowest BCUT2D eigenvalue weighted by Gasteiger charge is -2.22. The quantitative estimate of drug-likeness (QED) is 0.751. The maximum absolute atomic E-state index is 13.0. The van der Waals surface area contributed by atoms with Crippen molar-refractivity contribution >= 4 is 17.8 Å². The molecule has 2 aromatic rings. The summed E-state index contributed by atoms with van der Waals surface area (Å²) in [6.07, 6.45) is -3.35. The van der Waals surface area contributed by atoms with E-state index in [0.717, 1.165) is 28.2 Å². The maximum Gasteiger partial charge on any atom is 0.416 e. The van der Waals surface area contributed by atoms with Crippen LogP contribution in [0.4, 0.5) is 18.0 Å². The van der Waals surface area contributed by atoms with E-state index < -0.39 is 41.7 Å². The van der Waals surface area contributed by atoms with Gasteiger partial charge in [-0.25, -0.2) is 4.79 Å². The van der Waals surface area contributed by atoms with Gasteiger partial charge in [-0.3, -0.25) is 14.5 Å². The van der Waals surface area contributed by atoms with Crippen molar-refractivity contribution in [3.63, 3.8) is 0 Å². The van der Waals surface area contributed by atoms with Gasteiger partial charge >= 0.3 is 12.2 Å². The number of imide groups is 1. The predicted molar refractivity (Wildman–Crippen MR) is 100.0 cm³/mol. The molecular formula is C21H18F3N3O3. The zero-order chi connectivity index (χ0) is 21.5. The van der Waals surface area contributed by atoms with Crippen LogP contribution in [0.5, 0.6) is 0 Å². The molecule has 30 heavy (non-hydrogen) atoms. The first kappa shape index (κ1) is 19.9. The van der Waals surface area contributed by atoms with Crippen molar-refractivity contribution in [1.82, 2.24) is 15.5 Å². The highest BCUT2D eigenvalue weighted by atomic mass is 19.4. The molecular weight excluding hydrogens is 399 g/mol. The molecule has 1 aliphatic heterocycles. The van der Waals surface area contributed by atoms with Crippen LogP contribution >= 0.6 is 0 Å². The first-order chi connectivity index (χ1) is 14.2. The van der Waals surface area contributed by atoms with Crippen LogP contribution in [-0.4, -0.2) is 29.3 Å². The molecule has 1 unspecified atom stereocenters. The average molecular weight is 417 g/mol. The van der Waals surface area contributed by atoms with Gasteiger partial charge in [-0.05, 0) is 41.7 Å². The number of nitrogens with zero attached hydrogens (tertiary/aromatic N) is 1. The Morgan fingerprint density at radius 2 is 1.80 bits per heavy atom. The number of rotatable bonds is 4. The van der Waals surface area contributed by atoms with Crippen LogP contribution in [0.3, 0.4) is 0 Å². The van der Waals surface area contributed by atoms with Gasteiger partial charge in [0.05, 0.1) is 5.56 Å². The highest BCUT2D eigenvalue weighted by molar-refractivity contribution is 6.09. The minimum atomic E-state index is -4.43. The standard InChI is InChI=1S/C21H18F3N3O3/c22-21(23,24)15-7-5-13(6-8-15)11-25-17(28)12-27-18(29)20(26-19(27)30)10-9-14-3-1-2-4-16(14)20/h1-8H,9-12H2,(H,25,28)(H,26,30). The minimum Gasteiger partial charge on any atom is -0.350 e. The van der Waals surface area contributed by atoms with Crippen LogP contribution in [0.15, 0.2) is 48.5 Å². The average Bonchev–Trinajstić information content (AvgIpc) is 3.19. The molecule has 6 nitrogen and oxygen atoms in total. The predicted octanol–water partition coefficient (Wildman–Crippen LogP) is 2.72. The second kappa shape index (κ2) is 7.16.